The molecule has 3 rings (SSSR count). The highest BCUT2D eigenvalue weighted by Gasteiger charge is 2.37. The Hall–Kier alpha value is -3.15. The molecule has 0 saturated carbocycles. The molecule has 6 nitrogen and oxygen atoms in total. The number of hydrogen-bond acceptors (Lipinski definition) is 3. The first-order valence-electron chi connectivity index (χ1n) is 9.00. The summed E-state index contributed by atoms with van der Waals surface area (Å²) in [5.74, 6) is -0.620. The SMILES string of the molecule is CCN(C(=O)Nc1ccc2c(c1)C(=O)N(C(C)C)C2=O)c1cccc(C)c1. The third kappa shape index (κ3) is 3.43. The van der Waals surface area contributed by atoms with Gasteiger partial charge in [0, 0.05) is 24.0 Å². The van der Waals surface area contributed by atoms with Gasteiger partial charge >= 0.3 is 6.03 Å². The zero-order valence-corrected chi connectivity index (χ0v) is 15.9. The highest BCUT2D eigenvalue weighted by atomic mass is 16.2. The fourth-order valence-corrected chi connectivity index (χ4v) is 3.24. The summed E-state index contributed by atoms with van der Waals surface area (Å²) in [7, 11) is 0. The second-order valence-corrected chi connectivity index (χ2v) is 6.85. The van der Waals surface area contributed by atoms with Crippen molar-refractivity contribution >= 4 is 29.2 Å². The zero-order valence-electron chi connectivity index (χ0n) is 15.9. The van der Waals surface area contributed by atoms with E-state index in [2.05, 4.69) is 5.32 Å². The summed E-state index contributed by atoms with van der Waals surface area (Å²) < 4.78 is 0. The van der Waals surface area contributed by atoms with E-state index in [1.807, 2.05) is 38.1 Å². The molecule has 0 saturated heterocycles. The van der Waals surface area contributed by atoms with Crippen LogP contribution in [0, 0.1) is 6.92 Å². The maximum Gasteiger partial charge on any atom is 0.326 e. The molecule has 4 amide bonds. The van der Waals surface area contributed by atoms with Crippen LogP contribution in [0.25, 0.3) is 0 Å². The van der Waals surface area contributed by atoms with E-state index >= 15 is 0 Å². The number of carbonyl (C=O) groups is 3. The lowest BCUT2D eigenvalue weighted by molar-refractivity contribution is 0.0609. The maximum atomic E-state index is 12.7. The van der Waals surface area contributed by atoms with Gasteiger partial charge in [0.1, 0.15) is 0 Å². The fraction of sp³-hybridized carbons (Fsp3) is 0.286. The van der Waals surface area contributed by atoms with Crippen molar-refractivity contribution in [1.82, 2.24) is 4.90 Å². The van der Waals surface area contributed by atoms with E-state index in [0.717, 1.165) is 11.3 Å². The average Bonchev–Trinajstić information content (AvgIpc) is 2.86. The minimum absolute atomic E-state index is 0.215. The van der Waals surface area contributed by atoms with Crippen LogP contribution in [-0.2, 0) is 0 Å². The predicted octanol–water partition coefficient (Wildman–Crippen LogP) is 4.06. The lowest BCUT2D eigenvalue weighted by atomic mass is 10.1. The Bertz CT molecular complexity index is 921. The van der Waals surface area contributed by atoms with E-state index in [-0.39, 0.29) is 23.9 Å². The second kappa shape index (κ2) is 7.23. The van der Waals surface area contributed by atoms with Crippen molar-refractivity contribution in [3.05, 3.63) is 59.2 Å². The molecule has 0 unspecified atom stereocenters. The smallest absolute Gasteiger partial charge is 0.308 e. The molecule has 2 aromatic carbocycles. The van der Waals surface area contributed by atoms with E-state index in [0.29, 0.717) is 23.4 Å². The number of carbonyl (C=O) groups excluding carboxylic acids is 3. The number of anilines is 2. The molecule has 2 aromatic rings. The Labute approximate surface area is 158 Å². The molecule has 0 spiro atoms. The first-order chi connectivity index (χ1) is 12.8. The number of imide groups is 1. The van der Waals surface area contributed by atoms with E-state index < -0.39 is 0 Å². The summed E-state index contributed by atoms with van der Waals surface area (Å²) in [5.41, 5.74) is 3.04. The molecule has 1 aliphatic rings. The van der Waals surface area contributed by atoms with Crippen molar-refractivity contribution in [3.8, 4) is 0 Å². The molecule has 0 radical (unpaired) electrons. The monoisotopic (exact) mass is 365 g/mol. The van der Waals surface area contributed by atoms with Crippen molar-refractivity contribution in [1.29, 1.82) is 0 Å². The molecule has 0 atom stereocenters. The van der Waals surface area contributed by atoms with Gasteiger partial charge in [0.15, 0.2) is 0 Å². The number of nitrogens with zero attached hydrogens (tertiary/aromatic N) is 2. The van der Waals surface area contributed by atoms with Crippen LogP contribution in [0.15, 0.2) is 42.5 Å². The number of nitrogens with one attached hydrogen (secondary N) is 1. The van der Waals surface area contributed by atoms with Crippen molar-refractivity contribution in [2.24, 2.45) is 0 Å². The highest BCUT2D eigenvalue weighted by Crippen LogP contribution is 2.27. The Morgan fingerprint density at radius 2 is 1.78 bits per heavy atom. The van der Waals surface area contributed by atoms with Crippen molar-refractivity contribution in [2.45, 2.75) is 33.7 Å². The van der Waals surface area contributed by atoms with Gasteiger partial charge in [-0.3, -0.25) is 19.4 Å². The van der Waals surface area contributed by atoms with Gasteiger partial charge in [-0.05, 0) is 63.6 Å². The largest absolute Gasteiger partial charge is 0.326 e. The summed E-state index contributed by atoms with van der Waals surface area (Å²) in [6, 6.07) is 12.0. The molecule has 0 fully saturated rings. The standard InChI is InChI=1S/C21H23N3O3/c1-5-23(16-8-6-7-14(4)11-16)21(27)22-15-9-10-17-18(12-15)20(26)24(13(2)3)19(17)25/h6-13H,5H2,1-4H3,(H,22,27). The molecule has 0 aliphatic carbocycles. The minimum atomic E-state index is -0.327. The quantitative estimate of drug-likeness (QED) is 0.831. The molecule has 1 N–H and O–H groups in total. The fourth-order valence-electron chi connectivity index (χ4n) is 3.24. The lowest BCUT2D eigenvalue weighted by Crippen LogP contribution is -2.36. The molecule has 0 bridgehead atoms. The van der Waals surface area contributed by atoms with Crippen molar-refractivity contribution in [3.63, 3.8) is 0 Å². The first kappa shape index (κ1) is 18.6. The van der Waals surface area contributed by atoms with Gasteiger partial charge in [0.2, 0.25) is 0 Å². The second-order valence-electron chi connectivity index (χ2n) is 6.85. The molecule has 27 heavy (non-hydrogen) atoms. The van der Waals surface area contributed by atoms with Crippen LogP contribution in [0.1, 0.15) is 47.1 Å². The lowest BCUT2D eigenvalue weighted by Gasteiger charge is -2.22. The highest BCUT2D eigenvalue weighted by molar-refractivity contribution is 6.22. The Kier molecular flexibility index (Phi) is 4.99. The summed E-state index contributed by atoms with van der Waals surface area (Å²) in [5, 5.41) is 2.82. The zero-order chi connectivity index (χ0) is 19.7. The summed E-state index contributed by atoms with van der Waals surface area (Å²) in [6.07, 6.45) is 0. The van der Waals surface area contributed by atoms with Gasteiger partial charge < -0.3 is 5.32 Å². The number of aryl methyl sites for hydroxylation is 1. The third-order valence-corrected chi connectivity index (χ3v) is 4.56. The molecule has 6 heteroatoms. The Morgan fingerprint density at radius 1 is 1.07 bits per heavy atom. The number of rotatable bonds is 4. The maximum absolute atomic E-state index is 12.7. The van der Waals surface area contributed by atoms with Gasteiger partial charge in [-0.25, -0.2) is 4.79 Å². The normalized spacial score (nSPS) is 13.1. The number of benzene rings is 2. The van der Waals surface area contributed by atoms with Crippen LogP contribution in [0.4, 0.5) is 16.2 Å². The molecule has 1 aliphatic heterocycles. The summed E-state index contributed by atoms with van der Waals surface area (Å²) >= 11 is 0. The van der Waals surface area contributed by atoms with Crippen LogP contribution in [0.2, 0.25) is 0 Å². The van der Waals surface area contributed by atoms with Gasteiger partial charge in [-0.15, -0.1) is 0 Å². The first-order valence-corrected chi connectivity index (χ1v) is 9.00. The molecular weight excluding hydrogens is 342 g/mol. The summed E-state index contributed by atoms with van der Waals surface area (Å²) in [6.45, 7) is 7.96. The third-order valence-electron chi connectivity index (χ3n) is 4.56. The number of amides is 4. The average molecular weight is 365 g/mol. The summed E-state index contributed by atoms with van der Waals surface area (Å²) in [4.78, 5) is 40.5. The van der Waals surface area contributed by atoms with Crippen LogP contribution in [0.3, 0.4) is 0 Å². The Morgan fingerprint density at radius 3 is 2.41 bits per heavy atom. The van der Waals surface area contributed by atoms with Gasteiger partial charge in [-0.1, -0.05) is 12.1 Å². The van der Waals surface area contributed by atoms with E-state index in [4.69, 9.17) is 0 Å². The van der Waals surface area contributed by atoms with E-state index in [9.17, 15) is 14.4 Å². The van der Waals surface area contributed by atoms with Crippen molar-refractivity contribution in [2.75, 3.05) is 16.8 Å². The van der Waals surface area contributed by atoms with Crippen LogP contribution in [0.5, 0.6) is 0 Å². The predicted molar refractivity (Wildman–Crippen MR) is 105 cm³/mol. The topological polar surface area (TPSA) is 69.7 Å². The van der Waals surface area contributed by atoms with Gasteiger partial charge in [0.05, 0.1) is 11.1 Å². The van der Waals surface area contributed by atoms with Crippen LogP contribution >= 0.6 is 0 Å². The van der Waals surface area contributed by atoms with E-state index in [1.54, 1.807) is 36.9 Å². The van der Waals surface area contributed by atoms with Crippen LogP contribution < -0.4 is 10.2 Å². The molecule has 1 heterocycles. The van der Waals surface area contributed by atoms with Crippen LogP contribution in [-0.4, -0.2) is 35.3 Å². The van der Waals surface area contributed by atoms with Gasteiger partial charge in [0.25, 0.3) is 11.8 Å². The van der Waals surface area contributed by atoms with E-state index in [1.165, 1.54) is 4.90 Å². The van der Waals surface area contributed by atoms with Gasteiger partial charge in [-0.2, -0.15) is 0 Å². The number of fused-ring (bicyclic) bond motifs is 1. The minimum Gasteiger partial charge on any atom is -0.308 e. The van der Waals surface area contributed by atoms with Crippen molar-refractivity contribution < 1.29 is 14.4 Å². The number of hydrogen-bond donors (Lipinski definition) is 1. The number of urea groups is 1. The Balaban J connectivity index is 1.84. The molecular formula is C21H23N3O3. The molecule has 140 valence electrons. The molecule has 0 aromatic heterocycles.